The van der Waals surface area contributed by atoms with Crippen molar-refractivity contribution >= 4 is 80.7 Å². The average molecular weight is 601 g/mol. The minimum Gasteiger partial charge on any atom is -0.481 e. The largest absolute Gasteiger partial charge is 0.481 e. The summed E-state index contributed by atoms with van der Waals surface area (Å²) >= 11 is 14.3. The highest BCUT2D eigenvalue weighted by molar-refractivity contribution is 9.15. The SMILES string of the molecule is O=C(O)CCc1cn(CCn2cnc3c(Br)c(Br)c(Br)c(Br)c32)nn1. The topological polar surface area (TPSA) is 85.8 Å². The number of carboxylic acids is 1. The summed E-state index contributed by atoms with van der Waals surface area (Å²) in [6.07, 6.45) is 3.98. The molecule has 0 bridgehead atoms. The van der Waals surface area contributed by atoms with Gasteiger partial charge in [0.1, 0.15) is 5.52 Å². The number of carbonyl (C=O) groups is 1. The summed E-state index contributed by atoms with van der Waals surface area (Å²) in [5.41, 5.74) is 2.49. The Morgan fingerprint density at radius 2 is 1.80 bits per heavy atom. The highest BCUT2D eigenvalue weighted by Crippen LogP contribution is 2.42. The zero-order valence-electron chi connectivity index (χ0n) is 12.6. The van der Waals surface area contributed by atoms with Gasteiger partial charge in [0.2, 0.25) is 0 Å². The first-order valence-corrected chi connectivity index (χ1v) is 10.3. The summed E-state index contributed by atoms with van der Waals surface area (Å²) in [6, 6.07) is 0. The molecule has 3 aromatic rings. The maximum absolute atomic E-state index is 10.6. The molecule has 0 saturated heterocycles. The van der Waals surface area contributed by atoms with E-state index in [9.17, 15) is 4.79 Å². The molecule has 11 heteroatoms. The van der Waals surface area contributed by atoms with Gasteiger partial charge in [0, 0.05) is 28.1 Å². The lowest BCUT2D eigenvalue weighted by Crippen LogP contribution is -2.07. The molecule has 0 aliphatic rings. The fraction of sp³-hybridized carbons (Fsp3) is 0.286. The summed E-state index contributed by atoms with van der Waals surface area (Å²) in [4.78, 5) is 15.1. The van der Waals surface area contributed by atoms with E-state index in [1.165, 1.54) is 0 Å². The van der Waals surface area contributed by atoms with Gasteiger partial charge < -0.3 is 9.67 Å². The van der Waals surface area contributed by atoms with E-state index in [0.717, 1.165) is 28.9 Å². The molecule has 2 aromatic heterocycles. The van der Waals surface area contributed by atoms with Crippen molar-refractivity contribution in [1.29, 1.82) is 0 Å². The monoisotopic (exact) mass is 597 g/mol. The number of rotatable bonds is 6. The number of aliphatic carboxylic acids is 1. The van der Waals surface area contributed by atoms with Crippen molar-refractivity contribution in [2.75, 3.05) is 0 Å². The molecule has 25 heavy (non-hydrogen) atoms. The Bertz CT molecular complexity index is 952. The maximum Gasteiger partial charge on any atom is 0.303 e. The molecule has 0 spiro atoms. The molecule has 1 aromatic carbocycles. The molecule has 0 amide bonds. The second-order valence-electron chi connectivity index (χ2n) is 5.26. The van der Waals surface area contributed by atoms with Crippen LogP contribution in [-0.2, 0) is 24.3 Å². The first kappa shape index (κ1) is 19.0. The highest BCUT2D eigenvalue weighted by Gasteiger charge is 2.18. The second kappa shape index (κ2) is 7.85. The summed E-state index contributed by atoms with van der Waals surface area (Å²) < 4.78 is 7.34. The minimum absolute atomic E-state index is 0.0503. The van der Waals surface area contributed by atoms with Gasteiger partial charge >= 0.3 is 5.97 Å². The molecule has 0 saturated carbocycles. The van der Waals surface area contributed by atoms with Crippen LogP contribution in [0.4, 0.5) is 0 Å². The van der Waals surface area contributed by atoms with Gasteiger partial charge in [-0.15, -0.1) is 5.10 Å². The van der Waals surface area contributed by atoms with Crippen molar-refractivity contribution in [2.24, 2.45) is 0 Å². The third-order valence-corrected chi connectivity index (χ3v) is 8.31. The predicted molar refractivity (Wildman–Crippen MR) is 107 cm³/mol. The predicted octanol–water partition coefficient (Wildman–Crippen LogP) is 4.40. The number of carboxylic acid groups (broad SMARTS) is 1. The van der Waals surface area contributed by atoms with Crippen molar-refractivity contribution < 1.29 is 9.90 Å². The second-order valence-corrected chi connectivity index (χ2v) is 8.43. The Hall–Kier alpha value is -0.780. The molecule has 2 heterocycles. The lowest BCUT2D eigenvalue weighted by molar-refractivity contribution is -0.136. The molecule has 3 rings (SSSR count). The van der Waals surface area contributed by atoms with E-state index in [1.807, 2.05) is 4.57 Å². The van der Waals surface area contributed by atoms with E-state index in [-0.39, 0.29) is 6.42 Å². The Kier molecular flexibility index (Phi) is 5.96. The summed E-state index contributed by atoms with van der Waals surface area (Å²) in [7, 11) is 0. The first-order chi connectivity index (χ1) is 11.9. The summed E-state index contributed by atoms with van der Waals surface area (Å²) in [5, 5.41) is 16.8. The molecule has 0 radical (unpaired) electrons. The normalized spacial score (nSPS) is 11.4. The fourth-order valence-corrected chi connectivity index (χ4v) is 4.76. The van der Waals surface area contributed by atoms with Crippen LogP contribution >= 0.6 is 63.7 Å². The molecule has 0 aliphatic heterocycles. The van der Waals surface area contributed by atoms with Crippen molar-refractivity contribution in [2.45, 2.75) is 25.9 Å². The summed E-state index contributed by atoms with van der Waals surface area (Å²) in [5.74, 6) is -0.841. The standard InChI is InChI=1S/C14H11Br4N5O2/c15-9-10(16)12(18)14-13(11(9)17)19-6-22(14)3-4-23-5-7(20-21-23)1-2-8(24)25/h5-6H,1-4H2,(H,24,25). The lowest BCUT2D eigenvalue weighted by Gasteiger charge is -2.09. The Morgan fingerprint density at radius 1 is 1.08 bits per heavy atom. The van der Waals surface area contributed by atoms with Crippen molar-refractivity contribution in [1.82, 2.24) is 24.5 Å². The number of halogens is 4. The van der Waals surface area contributed by atoms with E-state index in [2.05, 4.69) is 79.0 Å². The molecular formula is C14H11Br4N5O2. The van der Waals surface area contributed by atoms with Gasteiger partial charge in [-0.05, 0) is 63.7 Å². The van der Waals surface area contributed by atoms with E-state index >= 15 is 0 Å². The number of hydrogen-bond donors (Lipinski definition) is 1. The van der Waals surface area contributed by atoms with E-state index in [4.69, 9.17) is 5.11 Å². The molecule has 0 aliphatic carbocycles. The molecule has 7 nitrogen and oxygen atoms in total. The smallest absolute Gasteiger partial charge is 0.303 e. The number of nitrogens with zero attached hydrogens (tertiary/aromatic N) is 5. The van der Waals surface area contributed by atoms with Crippen LogP contribution in [0.5, 0.6) is 0 Å². The summed E-state index contributed by atoms with van der Waals surface area (Å²) in [6.45, 7) is 1.25. The van der Waals surface area contributed by atoms with Crippen LogP contribution in [0, 0.1) is 0 Å². The number of benzene rings is 1. The maximum atomic E-state index is 10.6. The van der Waals surface area contributed by atoms with Gasteiger partial charge in [-0.1, -0.05) is 5.21 Å². The molecule has 0 unspecified atom stereocenters. The van der Waals surface area contributed by atoms with Crippen LogP contribution in [-0.4, -0.2) is 35.6 Å². The third kappa shape index (κ3) is 3.99. The van der Waals surface area contributed by atoms with Crippen LogP contribution in [0.15, 0.2) is 30.4 Å². The van der Waals surface area contributed by atoms with Gasteiger partial charge in [0.15, 0.2) is 0 Å². The number of imidazole rings is 1. The highest BCUT2D eigenvalue weighted by atomic mass is 79.9. The van der Waals surface area contributed by atoms with Crippen LogP contribution in [0.25, 0.3) is 11.0 Å². The number of aromatic nitrogens is 5. The first-order valence-electron chi connectivity index (χ1n) is 7.16. The Labute approximate surface area is 176 Å². The van der Waals surface area contributed by atoms with Gasteiger partial charge in [0.05, 0.1) is 39.4 Å². The molecular weight excluding hydrogens is 590 g/mol. The zero-order chi connectivity index (χ0) is 18.1. The van der Waals surface area contributed by atoms with Gasteiger partial charge in [-0.25, -0.2) is 4.98 Å². The Morgan fingerprint density at radius 3 is 2.52 bits per heavy atom. The molecule has 1 N–H and O–H groups in total. The fourth-order valence-electron chi connectivity index (χ4n) is 2.35. The van der Waals surface area contributed by atoms with Crippen molar-refractivity contribution in [3.63, 3.8) is 0 Å². The minimum atomic E-state index is -0.841. The van der Waals surface area contributed by atoms with Crippen LogP contribution < -0.4 is 0 Å². The zero-order valence-corrected chi connectivity index (χ0v) is 18.9. The van der Waals surface area contributed by atoms with E-state index in [0.29, 0.717) is 25.2 Å². The molecule has 0 atom stereocenters. The molecule has 132 valence electrons. The lowest BCUT2D eigenvalue weighted by atomic mass is 10.2. The van der Waals surface area contributed by atoms with Crippen molar-refractivity contribution in [3.8, 4) is 0 Å². The number of aryl methyl sites for hydroxylation is 3. The van der Waals surface area contributed by atoms with Gasteiger partial charge in [-0.3, -0.25) is 9.48 Å². The quantitative estimate of drug-likeness (QED) is 0.335. The van der Waals surface area contributed by atoms with Crippen molar-refractivity contribution in [3.05, 3.63) is 36.1 Å². The van der Waals surface area contributed by atoms with E-state index < -0.39 is 5.97 Å². The van der Waals surface area contributed by atoms with Gasteiger partial charge in [-0.2, -0.15) is 0 Å². The van der Waals surface area contributed by atoms with Gasteiger partial charge in [0.25, 0.3) is 0 Å². The molecule has 0 fully saturated rings. The van der Waals surface area contributed by atoms with Crippen LogP contribution in [0.1, 0.15) is 12.1 Å². The third-order valence-electron chi connectivity index (χ3n) is 3.58. The van der Waals surface area contributed by atoms with Crippen LogP contribution in [0.2, 0.25) is 0 Å². The number of hydrogen-bond acceptors (Lipinski definition) is 4. The Balaban J connectivity index is 1.79. The van der Waals surface area contributed by atoms with E-state index in [1.54, 1.807) is 17.2 Å². The number of fused-ring (bicyclic) bond motifs is 1. The van der Waals surface area contributed by atoms with Crippen LogP contribution in [0.3, 0.4) is 0 Å². The average Bonchev–Trinajstić information content (AvgIpc) is 3.21.